The highest BCUT2D eigenvalue weighted by Gasteiger charge is 2.20. The number of hydrogen-bond acceptors (Lipinski definition) is 5. The van der Waals surface area contributed by atoms with E-state index >= 15 is 0 Å². The van der Waals surface area contributed by atoms with Gasteiger partial charge in [0.05, 0.1) is 25.4 Å². The molecule has 0 radical (unpaired) electrons. The molecule has 0 rings (SSSR count). The highest BCUT2D eigenvalue weighted by molar-refractivity contribution is 5.76. The molecule has 2 atom stereocenters. The van der Waals surface area contributed by atoms with E-state index in [1.54, 1.807) is 0 Å². The lowest BCUT2D eigenvalue weighted by molar-refractivity contribution is -0.143. The van der Waals surface area contributed by atoms with Crippen LogP contribution in [-0.4, -0.2) is 47.4 Å². The molecular formula is C70H135NO5. The van der Waals surface area contributed by atoms with Crippen molar-refractivity contribution in [2.45, 2.75) is 398 Å². The van der Waals surface area contributed by atoms with Crippen molar-refractivity contribution < 1.29 is 24.5 Å². The molecule has 0 saturated heterocycles. The zero-order chi connectivity index (χ0) is 55.0. The number of aliphatic hydroxyl groups is 2. The van der Waals surface area contributed by atoms with Crippen LogP contribution in [0.1, 0.15) is 386 Å². The fourth-order valence-corrected chi connectivity index (χ4v) is 11.0. The summed E-state index contributed by atoms with van der Waals surface area (Å²) in [5, 5.41) is 23.4. The van der Waals surface area contributed by atoms with Crippen molar-refractivity contribution in [1.82, 2.24) is 5.32 Å². The highest BCUT2D eigenvalue weighted by Crippen LogP contribution is 2.19. The predicted octanol–water partition coefficient (Wildman–Crippen LogP) is 22.1. The number of hydrogen-bond donors (Lipinski definition) is 3. The Hall–Kier alpha value is -1.66. The minimum absolute atomic E-state index is 0.000127. The van der Waals surface area contributed by atoms with Crippen molar-refractivity contribution in [3.05, 3.63) is 24.3 Å². The number of esters is 1. The Morgan fingerprint density at radius 1 is 0.368 bits per heavy atom. The molecule has 0 saturated carbocycles. The Kier molecular flexibility index (Phi) is 64.4. The van der Waals surface area contributed by atoms with Crippen molar-refractivity contribution in [2.24, 2.45) is 0 Å². The maximum Gasteiger partial charge on any atom is 0.305 e. The number of unbranched alkanes of at least 4 members (excludes halogenated alkanes) is 50. The van der Waals surface area contributed by atoms with Crippen LogP contribution in [0.3, 0.4) is 0 Å². The molecule has 2 unspecified atom stereocenters. The Labute approximate surface area is 475 Å². The lowest BCUT2D eigenvalue weighted by atomic mass is 10.0. The van der Waals surface area contributed by atoms with Gasteiger partial charge in [-0.25, -0.2) is 0 Å². The van der Waals surface area contributed by atoms with Crippen molar-refractivity contribution in [2.75, 3.05) is 13.2 Å². The molecule has 0 aromatic rings. The third-order valence-electron chi connectivity index (χ3n) is 16.2. The summed E-state index contributed by atoms with van der Waals surface area (Å²) in [6.07, 6.45) is 82.2. The van der Waals surface area contributed by atoms with Crippen LogP contribution in [0.4, 0.5) is 0 Å². The summed E-state index contributed by atoms with van der Waals surface area (Å²) in [6, 6.07) is -0.542. The second-order valence-electron chi connectivity index (χ2n) is 23.9. The number of amides is 1. The average Bonchev–Trinajstić information content (AvgIpc) is 3.42. The molecule has 0 aromatic heterocycles. The molecule has 0 heterocycles. The number of carbonyl (C=O) groups is 2. The van der Waals surface area contributed by atoms with Gasteiger partial charge in [0.1, 0.15) is 0 Å². The third-order valence-corrected chi connectivity index (χ3v) is 16.2. The Morgan fingerprint density at radius 3 is 1.05 bits per heavy atom. The van der Waals surface area contributed by atoms with Gasteiger partial charge in [0, 0.05) is 12.8 Å². The molecule has 1 amide bonds. The molecule has 76 heavy (non-hydrogen) atoms. The molecule has 6 heteroatoms. The van der Waals surface area contributed by atoms with E-state index in [0.717, 1.165) is 51.4 Å². The van der Waals surface area contributed by atoms with Crippen molar-refractivity contribution in [3.63, 3.8) is 0 Å². The van der Waals surface area contributed by atoms with Crippen molar-refractivity contribution in [1.29, 1.82) is 0 Å². The first-order valence-corrected chi connectivity index (χ1v) is 34.6. The number of aliphatic hydroxyl groups excluding tert-OH is 2. The average molecular weight is 1070 g/mol. The number of rotatable bonds is 65. The monoisotopic (exact) mass is 1070 g/mol. The first-order chi connectivity index (χ1) is 37.5. The lowest BCUT2D eigenvalue weighted by Gasteiger charge is -2.22. The quantitative estimate of drug-likeness (QED) is 0.0320. The van der Waals surface area contributed by atoms with Crippen molar-refractivity contribution in [3.8, 4) is 0 Å². The third kappa shape index (κ3) is 61.6. The topological polar surface area (TPSA) is 95.9 Å². The normalized spacial score (nSPS) is 12.6. The van der Waals surface area contributed by atoms with Crippen LogP contribution in [0.25, 0.3) is 0 Å². The van der Waals surface area contributed by atoms with E-state index in [4.69, 9.17) is 4.74 Å². The van der Waals surface area contributed by atoms with Crippen LogP contribution < -0.4 is 5.32 Å². The van der Waals surface area contributed by atoms with Crippen LogP contribution in [-0.2, 0) is 14.3 Å². The first kappa shape index (κ1) is 74.3. The molecule has 0 aliphatic rings. The molecule has 3 N–H and O–H groups in total. The summed E-state index contributed by atoms with van der Waals surface area (Å²) >= 11 is 0. The maximum absolute atomic E-state index is 12.6. The van der Waals surface area contributed by atoms with Crippen LogP contribution >= 0.6 is 0 Å². The molecule has 0 aliphatic carbocycles. The lowest BCUT2D eigenvalue weighted by Crippen LogP contribution is -2.45. The number of nitrogens with one attached hydrogen (secondary N) is 1. The molecule has 0 fully saturated rings. The van der Waals surface area contributed by atoms with Gasteiger partial charge < -0.3 is 20.3 Å². The summed E-state index contributed by atoms with van der Waals surface area (Å²) in [4.78, 5) is 24.6. The molecule has 0 aromatic carbocycles. The van der Waals surface area contributed by atoms with Gasteiger partial charge in [-0.1, -0.05) is 346 Å². The van der Waals surface area contributed by atoms with Gasteiger partial charge in [-0.15, -0.1) is 0 Å². The fourth-order valence-electron chi connectivity index (χ4n) is 11.0. The van der Waals surface area contributed by atoms with Gasteiger partial charge in [-0.05, 0) is 51.4 Å². The first-order valence-electron chi connectivity index (χ1n) is 34.6. The highest BCUT2D eigenvalue weighted by atomic mass is 16.5. The Morgan fingerprint density at radius 2 is 0.684 bits per heavy atom. The molecule has 6 nitrogen and oxygen atoms in total. The molecule has 0 spiro atoms. The molecule has 0 bridgehead atoms. The van der Waals surface area contributed by atoms with E-state index < -0.39 is 12.1 Å². The summed E-state index contributed by atoms with van der Waals surface area (Å²) in [5.74, 6) is -0.0302. The smallest absolute Gasteiger partial charge is 0.305 e. The maximum atomic E-state index is 12.6. The summed E-state index contributed by atoms with van der Waals surface area (Å²) in [5.41, 5.74) is 0. The van der Waals surface area contributed by atoms with Crippen LogP contribution in [0.2, 0.25) is 0 Å². The Bertz CT molecular complexity index is 1190. The van der Waals surface area contributed by atoms with Crippen LogP contribution in [0.5, 0.6) is 0 Å². The molecule has 450 valence electrons. The summed E-state index contributed by atoms with van der Waals surface area (Å²) in [7, 11) is 0. The molecular weight excluding hydrogens is 935 g/mol. The second-order valence-corrected chi connectivity index (χ2v) is 23.9. The number of allylic oxidation sites excluding steroid dienone is 4. The van der Waals surface area contributed by atoms with E-state index in [1.807, 2.05) is 0 Å². The van der Waals surface area contributed by atoms with Gasteiger partial charge in [0.2, 0.25) is 5.91 Å². The van der Waals surface area contributed by atoms with Gasteiger partial charge >= 0.3 is 5.97 Å². The van der Waals surface area contributed by atoms with E-state index in [1.165, 1.54) is 302 Å². The van der Waals surface area contributed by atoms with Crippen LogP contribution in [0.15, 0.2) is 24.3 Å². The van der Waals surface area contributed by atoms with E-state index in [-0.39, 0.29) is 18.5 Å². The Balaban J connectivity index is 3.38. The number of carbonyl (C=O) groups excluding carboxylic acids is 2. The SMILES string of the molecule is CCC/C=C\C/C=C\CCCCCCCC(=O)OCCCCCCCCCCCCCCCCCCCCCCCCCC(=O)NC(CO)C(O)CCCCCCCCCCCCCCCCCCCCCCCCC. The largest absolute Gasteiger partial charge is 0.466 e. The standard InChI is InChI=1S/C70H135NO5/c1-3-5-7-9-11-13-15-17-18-19-20-21-23-26-29-32-35-39-42-46-50-54-58-62-68(73)67(66-72)71-69(74)63-59-55-51-47-43-40-36-33-30-27-24-22-25-28-31-34-37-41-45-49-53-57-61-65-76-70(75)64-60-56-52-48-44-38-16-14-12-10-8-6-4-2/h8,10,14,16,67-68,72-73H,3-7,9,11-13,15,17-66H2,1-2H3,(H,71,74)/b10-8-,16-14-. The summed E-state index contributed by atoms with van der Waals surface area (Å²) < 4.78 is 5.47. The van der Waals surface area contributed by atoms with Gasteiger partial charge in [0.15, 0.2) is 0 Å². The predicted molar refractivity (Wildman–Crippen MR) is 333 cm³/mol. The zero-order valence-corrected chi connectivity index (χ0v) is 51.5. The summed E-state index contributed by atoms with van der Waals surface area (Å²) in [6.45, 7) is 4.92. The molecule has 0 aliphatic heterocycles. The zero-order valence-electron chi connectivity index (χ0n) is 51.5. The van der Waals surface area contributed by atoms with Gasteiger partial charge in [-0.3, -0.25) is 9.59 Å². The van der Waals surface area contributed by atoms with E-state index in [0.29, 0.717) is 25.9 Å². The fraction of sp³-hybridized carbons (Fsp3) is 0.914. The van der Waals surface area contributed by atoms with E-state index in [9.17, 15) is 19.8 Å². The minimum atomic E-state index is -0.665. The van der Waals surface area contributed by atoms with Gasteiger partial charge in [-0.2, -0.15) is 0 Å². The van der Waals surface area contributed by atoms with Crippen LogP contribution in [0, 0.1) is 0 Å². The van der Waals surface area contributed by atoms with E-state index in [2.05, 4.69) is 43.5 Å². The second kappa shape index (κ2) is 65.9. The number of ether oxygens (including phenoxy) is 1. The van der Waals surface area contributed by atoms with Gasteiger partial charge in [0.25, 0.3) is 0 Å². The minimum Gasteiger partial charge on any atom is -0.466 e. The van der Waals surface area contributed by atoms with Crippen molar-refractivity contribution >= 4 is 11.9 Å².